The number of ether oxygens (including phenoxy) is 1. The number of aliphatic hydroxyl groups excluding tert-OH is 1. The van der Waals surface area contributed by atoms with Crippen molar-refractivity contribution in [2.75, 3.05) is 12.4 Å². The number of carbonyl (C=O) groups is 2. The second-order valence-corrected chi connectivity index (χ2v) is 11.8. The number of aromatic nitrogens is 3. The van der Waals surface area contributed by atoms with Gasteiger partial charge in [0.1, 0.15) is 10.9 Å². The lowest BCUT2D eigenvalue weighted by Crippen LogP contribution is -2.53. The van der Waals surface area contributed by atoms with Crippen molar-refractivity contribution in [1.82, 2.24) is 19.9 Å². The van der Waals surface area contributed by atoms with Crippen molar-refractivity contribution in [3.8, 4) is 16.9 Å². The smallest absolute Gasteiger partial charge is 0.259 e. The quantitative estimate of drug-likeness (QED) is 0.466. The second kappa shape index (κ2) is 9.04. The van der Waals surface area contributed by atoms with Crippen LogP contribution in [0.25, 0.3) is 11.1 Å². The van der Waals surface area contributed by atoms with Crippen LogP contribution in [0, 0.1) is 18.3 Å². The number of thiazole rings is 1. The van der Waals surface area contributed by atoms with E-state index >= 15 is 0 Å². The van der Waals surface area contributed by atoms with Gasteiger partial charge in [-0.1, -0.05) is 22.9 Å². The molecule has 9 nitrogen and oxygen atoms in total. The van der Waals surface area contributed by atoms with Gasteiger partial charge in [0.05, 0.1) is 48.6 Å². The molecule has 0 unspecified atom stereocenters. The summed E-state index contributed by atoms with van der Waals surface area (Å²) in [5.74, 6) is 0.364. The van der Waals surface area contributed by atoms with Crippen LogP contribution in [-0.2, 0) is 17.9 Å². The summed E-state index contributed by atoms with van der Waals surface area (Å²) in [6, 6.07) is 3.47. The first-order valence-corrected chi connectivity index (χ1v) is 13.4. The van der Waals surface area contributed by atoms with Gasteiger partial charge in [-0.15, -0.1) is 0 Å². The standard InChI is InChI=1S/C26H26ClN5O4S/c1-13-3-16(17-4-22(27)29-10-20(17)36-2)18(9-28-13)23(34)31-25-30-19-11-32(12-21(19)37-25)24(35)14-5-26(6-14)7-15(33)8-26/h3-4,9-10,14-15,33H,5-8,11-12H2,1-2H3,(H,30,31,34). The van der Waals surface area contributed by atoms with Gasteiger partial charge in [0.15, 0.2) is 5.13 Å². The highest BCUT2D eigenvalue weighted by Gasteiger charge is 2.55. The summed E-state index contributed by atoms with van der Waals surface area (Å²) in [4.78, 5) is 42.1. The molecule has 2 fully saturated rings. The van der Waals surface area contributed by atoms with Crippen LogP contribution in [0.4, 0.5) is 5.13 Å². The number of hydrogen-bond acceptors (Lipinski definition) is 8. The van der Waals surface area contributed by atoms with E-state index in [2.05, 4.69) is 20.3 Å². The number of methoxy groups -OCH3 is 1. The Labute approximate surface area is 222 Å². The minimum atomic E-state index is -0.347. The lowest BCUT2D eigenvalue weighted by Gasteiger charge is -2.56. The number of nitrogens with zero attached hydrogens (tertiary/aromatic N) is 4. The van der Waals surface area contributed by atoms with Gasteiger partial charge in [-0.2, -0.15) is 0 Å². The van der Waals surface area contributed by atoms with E-state index in [0.717, 1.165) is 41.9 Å². The molecule has 0 saturated heterocycles. The fourth-order valence-electron chi connectivity index (χ4n) is 5.86. The molecule has 2 saturated carbocycles. The van der Waals surface area contributed by atoms with Crippen LogP contribution in [-0.4, -0.2) is 50.0 Å². The zero-order chi connectivity index (χ0) is 25.9. The van der Waals surface area contributed by atoms with Gasteiger partial charge in [-0.3, -0.25) is 19.9 Å². The molecule has 0 atom stereocenters. The maximum atomic E-state index is 13.3. The van der Waals surface area contributed by atoms with Crippen molar-refractivity contribution in [2.24, 2.45) is 11.3 Å². The number of amides is 2. The number of pyridine rings is 2. The zero-order valence-electron chi connectivity index (χ0n) is 20.5. The summed E-state index contributed by atoms with van der Waals surface area (Å²) in [6.07, 6.45) is 6.27. The van der Waals surface area contributed by atoms with Crippen LogP contribution in [0.2, 0.25) is 5.15 Å². The molecule has 3 aromatic rings. The molecule has 0 bridgehead atoms. The van der Waals surface area contributed by atoms with E-state index < -0.39 is 0 Å². The van der Waals surface area contributed by atoms with E-state index in [1.165, 1.54) is 30.8 Å². The Balaban J connectivity index is 1.15. The van der Waals surface area contributed by atoms with Gasteiger partial charge in [0, 0.05) is 28.9 Å². The van der Waals surface area contributed by atoms with Crippen molar-refractivity contribution in [1.29, 1.82) is 0 Å². The fraction of sp³-hybridized carbons (Fsp3) is 0.423. The molecule has 3 aromatic heterocycles. The first-order chi connectivity index (χ1) is 17.7. The van der Waals surface area contributed by atoms with Crippen molar-refractivity contribution in [3.05, 3.63) is 51.5 Å². The fourth-order valence-corrected chi connectivity index (χ4v) is 7.00. The highest BCUT2D eigenvalue weighted by molar-refractivity contribution is 7.16. The summed E-state index contributed by atoms with van der Waals surface area (Å²) >= 11 is 7.52. The Morgan fingerprint density at radius 2 is 1.95 bits per heavy atom. The van der Waals surface area contributed by atoms with Crippen LogP contribution in [0.3, 0.4) is 0 Å². The maximum Gasteiger partial charge on any atom is 0.259 e. The van der Waals surface area contributed by atoms with Crippen molar-refractivity contribution in [3.63, 3.8) is 0 Å². The molecule has 192 valence electrons. The molecule has 0 aromatic carbocycles. The number of rotatable bonds is 5. The second-order valence-electron chi connectivity index (χ2n) is 10.3. The van der Waals surface area contributed by atoms with Crippen LogP contribution >= 0.6 is 22.9 Å². The van der Waals surface area contributed by atoms with Gasteiger partial charge in [-0.25, -0.2) is 9.97 Å². The van der Waals surface area contributed by atoms with Crippen LogP contribution < -0.4 is 10.1 Å². The third-order valence-electron chi connectivity index (χ3n) is 7.66. The van der Waals surface area contributed by atoms with Crippen molar-refractivity contribution in [2.45, 2.75) is 51.8 Å². The van der Waals surface area contributed by atoms with Gasteiger partial charge in [-0.05, 0) is 50.2 Å². The van der Waals surface area contributed by atoms with E-state index in [4.69, 9.17) is 16.3 Å². The Morgan fingerprint density at radius 1 is 1.16 bits per heavy atom. The predicted octanol–water partition coefficient (Wildman–Crippen LogP) is 4.22. The van der Waals surface area contributed by atoms with Crippen LogP contribution in [0.5, 0.6) is 5.75 Å². The monoisotopic (exact) mass is 539 g/mol. The first kappa shape index (κ1) is 24.3. The molecular formula is C26H26ClN5O4S. The molecule has 11 heteroatoms. The van der Waals surface area contributed by atoms with E-state index in [1.54, 1.807) is 6.07 Å². The van der Waals surface area contributed by atoms with Gasteiger partial charge < -0.3 is 14.7 Å². The molecule has 37 heavy (non-hydrogen) atoms. The number of halogens is 1. The maximum absolute atomic E-state index is 13.3. The summed E-state index contributed by atoms with van der Waals surface area (Å²) in [6.45, 7) is 2.81. The molecule has 1 aliphatic heterocycles. The number of hydrogen-bond donors (Lipinski definition) is 2. The molecule has 2 amide bonds. The third-order valence-corrected chi connectivity index (χ3v) is 8.86. The first-order valence-electron chi connectivity index (χ1n) is 12.2. The highest BCUT2D eigenvalue weighted by atomic mass is 35.5. The van der Waals surface area contributed by atoms with E-state index in [-0.39, 0.29) is 34.4 Å². The zero-order valence-corrected chi connectivity index (χ0v) is 22.0. The average molecular weight is 540 g/mol. The number of carbonyl (C=O) groups excluding carboxylic acids is 2. The highest BCUT2D eigenvalue weighted by Crippen LogP contribution is 2.59. The summed E-state index contributed by atoms with van der Waals surface area (Å²) in [5, 5.41) is 13.3. The molecule has 3 aliphatic rings. The number of aliphatic hydroxyl groups is 1. The Hall–Kier alpha value is -3.08. The van der Waals surface area contributed by atoms with Crippen LogP contribution in [0.15, 0.2) is 24.5 Å². The number of anilines is 1. The van der Waals surface area contributed by atoms with E-state index in [0.29, 0.717) is 40.7 Å². The number of nitrogens with one attached hydrogen (secondary N) is 1. The molecular weight excluding hydrogens is 514 g/mol. The summed E-state index contributed by atoms with van der Waals surface area (Å²) in [5.41, 5.74) is 3.40. The minimum Gasteiger partial charge on any atom is -0.494 e. The van der Waals surface area contributed by atoms with Gasteiger partial charge in [0.25, 0.3) is 5.91 Å². The molecule has 6 rings (SSSR count). The Morgan fingerprint density at radius 3 is 2.65 bits per heavy atom. The Kier molecular flexibility index (Phi) is 5.93. The SMILES string of the molecule is COc1cnc(Cl)cc1-c1cc(C)ncc1C(=O)Nc1nc2c(s1)CN(C(=O)C1CC3(CC(O)C3)C1)C2. The normalized spacial score (nSPS) is 23.8. The van der Waals surface area contributed by atoms with Crippen molar-refractivity contribution < 1.29 is 19.4 Å². The predicted molar refractivity (Wildman–Crippen MR) is 138 cm³/mol. The van der Waals surface area contributed by atoms with E-state index in [1.807, 2.05) is 17.9 Å². The third kappa shape index (κ3) is 4.36. The van der Waals surface area contributed by atoms with Gasteiger partial charge >= 0.3 is 0 Å². The number of fused-ring (bicyclic) bond motifs is 1. The summed E-state index contributed by atoms with van der Waals surface area (Å²) < 4.78 is 5.45. The summed E-state index contributed by atoms with van der Waals surface area (Å²) in [7, 11) is 1.54. The van der Waals surface area contributed by atoms with E-state index in [9.17, 15) is 14.7 Å². The molecule has 4 heterocycles. The lowest BCUT2D eigenvalue weighted by atomic mass is 9.50. The molecule has 1 spiro atoms. The van der Waals surface area contributed by atoms with Crippen LogP contribution in [0.1, 0.15) is 52.3 Å². The Bertz CT molecular complexity index is 1390. The average Bonchev–Trinajstić information content (AvgIpc) is 3.38. The van der Waals surface area contributed by atoms with Crippen molar-refractivity contribution >= 4 is 39.9 Å². The minimum absolute atomic E-state index is 0.0480. The lowest BCUT2D eigenvalue weighted by molar-refractivity contribution is -0.158. The molecule has 2 N–H and O–H groups in total. The topological polar surface area (TPSA) is 118 Å². The van der Waals surface area contributed by atoms with Gasteiger partial charge in [0.2, 0.25) is 5.91 Å². The number of aryl methyl sites for hydroxylation is 1. The molecule has 0 radical (unpaired) electrons. The largest absolute Gasteiger partial charge is 0.494 e. The molecule has 2 aliphatic carbocycles.